The molecule has 1 heterocycles. The number of benzene rings is 1. The lowest BCUT2D eigenvalue weighted by Gasteiger charge is -2.15. The van der Waals surface area contributed by atoms with Crippen LogP contribution in [-0.4, -0.2) is 9.78 Å². The minimum Gasteiger partial charge on any atom is -0.384 e. The van der Waals surface area contributed by atoms with E-state index in [-0.39, 0.29) is 10.4 Å². The van der Waals surface area contributed by atoms with Crippen LogP contribution in [0.1, 0.15) is 26.5 Å². The van der Waals surface area contributed by atoms with E-state index in [1.165, 1.54) is 16.8 Å². The smallest absolute Gasteiger partial charge is 0.143 e. The molecule has 0 amide bonds. The average molecular weight is 282 g/mol. The first-order valence-corrected chi connectivity index (χ1v) is 6.44. The number of aromatic nitrogens is 2. The molecule has 2 N–H and O–H groups in total. The normalized spacial score (nSPS) is 11.8. The predicted octanol–water partition coefficient (Wildman–Crippen LogP) is 3.84. The molecule has 19 heavy (non-hydrogen) atoms. The first-order valence-electron chi connectivity index (χ1n) is 6.06. The summed E-state index contributed by atoms with van der Waals surface area (Å²) in [5, 5.41) is 4.51. The molecule has 0 atom stereocenters. The van der Waals surface area contributed by atoms with Crippen LogP contribution in [0, 0.1) is 11.2 Å². The number of nitrogen functional groups attached to an aromatic ring is 1. The summed E-state index contributed by atoms with van der Waals surface area (Å²) in [5.41, 5.74) is 7.51. The molecule has 0 saturated carbocycles. The molecule has 0 saturated heterocycles. The molecular formula is C14H17ClFN3. The second-order valence-corrected chi connectivity index (χ2v) is 6.22. The fourth-order valence-corrected chi connectivity index (χ4v) is 2.02. The van der Waals surface area contributed by atoms with Crippen molar-refractivity contribution in [2.24, 2.45) is 5.41 Å². The first-order chi connectivity index (χ1) is 8.76. The van der Waals surface area contributed by atoms with E-state index in [2.05, 4.69) is 25.9 Å². The fraction of sp³-hybridized carbons (Fsp3) is 0.357. The minimum absolute atomic E-state index is 0.0874. The molecule has 0 aliphatic heterocycles. The Bertz CT molecular complexity index is 599. The number of halogens is 2. The summed E-state index contributed by atoms with van der Waals surface area (Å²) < 4.78 is 15.0. The number of nitrogens with zero attached hydrogens (tertiary/aromatic N) is 2. The van der Waals surface area contributed by atoms with Gasteiger partial charge in [0.1, 0.15) is 11.6 Å². The number of hydrogen-bond acceptors (Lipinski definition) is 2. The van der Waals surface area contributed by atoms with Gasteiger partial charge in [0.15, 0.2) is 0 Å². The summed E-state index contributed by atoms with van der Waals surface area (Å²) >= 11 is 5.66. The van der Waals surface area contributed by atoms with E-state index in [1.54, 1.807) is 6.07 Å². The van der Waals surface area contributed by atoms with Crippen LogP contribution in [0.25, 0.3) is 5.69 Å². The van der Waals surface area contributed by atoms with Crippen molar-refractivity contribution in [1.82, 2.24) is 9.78 Å². The zero-order valence-corrected chi connectivity index (χ0v) is 12.0. The molecule has 1 aromatic heterocycles. The third-order valence-electron chi connectivity index (χ3n) is 2.65. The van der Waals surface area contributed by atoms with Crippen molar-refractivity contribution >= 4 is 17.4 Å². The van der Waals surface area contributed by atoms with Gasteiger partial charge in [0.2, 0.25) is 0 Å². The summed E-state index contributed by atoms with van der Waals surface area (Å²) in [7, 11) is 0. The molecule has 0 bridgehead atoms. The lowest BCUT2D eigenvalue weighted by molar-refractivity contribution is 0.405. The van der Waals surface area contributed by atoms with Gasteiger partial charge in [0, 0.05) is 12.1 Å². The van der Waals surface area contributed by atoms with E-state index in [1.807, 2.05) is 6.07 Å². The van der Waals surface area contributed by atoms with Crippen molar-refractivity contribution in [3.05, 3.63) is 40.8 Å². The molecule has 102 valence electrons. The summed E-state index contributed by atoms with van der Waals surface area (Å²) in [6.07, 6.45) is 0.806. The van der Waals surface area contributed by atoms with Crippen LogP contribution < -0.4 is 5.73 Å². The van der Waals surface area contributed by atoms with E-state index >= 15 is 0 Å². The number of hydrogen-bond donors (Lipinski definition) is 1. The number of anilines is 1. The lowest BCUT2D eigenvalue weighted by atomic mass is 9.91. The van der Waals surface area contributed by atoms with Crippen LogP contribution in [0.4, 0.5) is 10.2 Å². The molecule has 0 aliphatic carbocycles. The van der Waals surface area contributed by atoms with Crippen LogP contribution in [0.5, 0.6) is 0 Å². The van der Waals surface area contributed by atoms with Gasteiger partial charge >= 0.3 is 0 Å². The van der Waals surface area contributed by atoms with Crippen LogP contribution >= 0.6 is 11.6 Å². The third-order valence-corrected chi connectivity index (χ3v) is 2.95. The lowest BCUT2D eigenvalue weighted by Crippen LogP contribution is -2.10. The number of rotatable bonds is 2. The highest BCUT2D eigenvalue weighted by molar-refractivity contribution is 6.30. The van der Waals surface area contributed by atoms with E-state index in [4.69, 9.17) is 17.3 Å². The van der Waals surface area contributed by atoms with Gasteiger partial charge in [-0.2, -0.15) is 5.10 Å². The van der Waals surface area contributed by atoms with Gasteiger partial charge in [-0.25, -0.2) is 9.07 Å². The van der Waals surface area contributed by atoms with Gasteiger partial charge < -0.3 is 5.73 Å². The van der Waals surface area contributed by atoms with Gasteiger partial charge in [-0.15, -0.1) is 0 Å². The second kappa shape index (κ2) is 4.85. The molecular weight excluding hydrogens is 265 g/mol. The average Bonchev–Trinajstić information content (AvgIpc) is 2.61. The van der Waals surface area contributed by atoms with Crippen molar-refractivity contribution < 1.29 is 4.39 Å². The summed E-state index contributed by atoms with van der Waals surface area (Å²) in [6.45, 7) is 6.39. The quantitative estimate of drug-likeness (QED) is 0.909. The molecule has 2 rings (SSSR count). The highest BCUT2D eigenvalue weighted by atomic mass is 35.5. The Kier molecular flexibility index (Phi) is 3.54. The largest absolute Gasteiger partial charge is 0.384 e. The number of nitrogens with two attached hydrogens (primary N) is 1. The molecule has 0 fully saturated rings. The van der Waals surface area contributed by atoms with Crippen LogP contribution in [0.3, 0.4) is 0 Å². The van der Waals surface area contributed by atoms with Crippen molar-refractivity contribution in [1.29, 1.82) is 0 Å². The van der Waals surface area contributed by atoms with E-state index < -0.39 is 5.82 Å². The van der Waals surface area contributed by atoms with E-state index in [0.717, 1.165) is 12.1 Å². The first kappa shape index (κ1) is 13.9. The van der Waals surface area contributed by atoms with Crippen molar-refractivity contribution in [3.8, 4) is 5.69 Å². The van der Waals surface area contributed by atoms with Crippen molar-refractivity contribution in [2.45, 2.75) is 27.2 Å². The monoisotopic (exact) mass is 281 g/mol. The Labute approximate surface area is 117 Å². The molecule has 0 unspecified atom stereocenters. The summed E-state index contributed by atoms with van der Waals surface area (Å²) in [5.74, 6) is 0.00686. The second-order valence-electron chi connectivity index (χ2n) is 5.81. The topological polar surface area (TPSA) is 43.8 Å². The third kappa shape index (κ3) is 3.26. The maximum atomic E-state index is 13.5. The SMILES string of the molecule is CC(C)(C)Cc1cc(N)n(-c2ccc(Cl)c(F)c2)n1. The van der Waals surface area contributed by atoms with Gasteiger partial charge in [-0.05, 0) is 24.0 Å². The minimum atomic E-state index is -0.480. The molecule has 0 radical (unpaired) electrons. The van der Waals surface area contributed by atoms with Gasteiger partial charge in [0.05, 0.1) is 16.4 Å². The Balaban J connectivity index is 2.37. The molecule has 2 aromatic rings. The maximum absolute atomic E-state index is 13.5. The molecule has 0 aliphatic rings. The standard InChI is InChI=1S/C14H17ClFN3/c1-14(2,3)8-9-6-13(17)19(18-9)10-4-5-11(15)12(16)7-10/h4-7H,8,17H2,1-3H3. The van der Waals surface area contributed by atoms with E-state index in [9.17, 15) is 4.39 Å². The van der Waals surface area contributed by atoms with Crippen molar-refractivity contribution in [2.75, 3.05) is 5.73 Å². The predicted molar refractivity (Wildman–Crippen MR) is 76.1 cm³/mol. The Morgan fingerprint density at radius 3 is 2.58 bits per heavy atom. The van der Waals surface area contributed by atoms with Gasteiger partial charge in [0.25, 0.3) is 0 Å². The van der Waals surface area contributed by atoms with Crippen LogP contribution in [0.15, 0.2) is 24.3 Å². The zero-order valence-electron chi connectivity index (χ0n) is 11.2. The Morgan fingerprint density at radius 1 is 1.32 bits per heavy atom. The zero-order chi connectivity index (χ0) is 14.2. The van der Waals surface area contributed by atoms with Crippen molar-refractivity contribution in [3.63, 3.8) is 0 Å². The Morgan fingerprint density at radius 2 is 2.00 bits per heavy atom. The Hall–Kier alpha value is -1.55. The summed E-state index contributed by atoms with van der Waals surface area (Å²) in [4.78, 5) is 0. The maximum Gasteiger partial charge on any atom is 0.143 e. The molecule has 1 aromatic carbocycles. The van der Waals surface area contributed by atoms with E-state index in [0.29, 0.717) is 11.5 Å². The highest BCUT2D eigenvalue weighted by Crippen LogP contribution is 2.24. The van der Waals surface area contributed by atoms with Crippen LogP contribution in [-0.2, 0) is 6.42 Å². The molecule has 5 heteroatoms. The van der Waals surface area contributed by atoms with Crippen LogP contribution in [0.2, 0.25) is 5.02 Å². The van der Waals surface area contributed by atoms with Gasteiger partial charge in [-0.3, -0.25) is 0 Å². The molecule has 0 spiro atoms. The fourth-order valence-electron chi connectivity index (χ4n) is 1.90. The molecule has 3 nitrogen and oxygen atoms in total. The van der Waals surface area contributed by atoms with Gasteiger partial charge in [-0.1, -0.05) is 32.4 Å². The summed E-state index contributed by atoms with van der Waals surface area (Å²) in [6, 6.07) is 6.33. The highest BCUT2D eigenvalue weighted by Gasteiger charge is 2.16.